The predicted octanol–water partition coefficient (Wildman–Crippen LogP) is 2.21. The molecule has 1 aromatic heterocycles. The molecule has 0 aliphatic heterocycles. The highest BCUT2D eigenvalue weighted by atomic mass is 19.4. The van der Waals surface area contributed by atoms with Crippen LogP contribution in [0, 0.1) is 0 Å². The van der Waals surface area contributed by atoms with Crippen LogP contribution < -0.4 is 4.74 Å². The fourth-order valence-electron chi connectivity index (χ4n) is 1.09. The summed E-state index contributed by atoms with van der Waals surface area (Å²) in [6.45, 7) is 0. The number of hydrogen-bond donors (Lipinski definition) is 1. The van der Waals surface area contributed by atoms with Crippen LogP contribution in [0.1, 0.15) is 11.1 Å². The molecule has 1 rings (SSSR count). The molecule has 17 heavy (non-hydrogen) atoms. The highest BCUT2D eigenvalue weighted by molar-refractivity contribution is 5.85. The van der Waals surface area contributed by atoms with Gasteiger partial charge in [-0.05, 0) is 17.7 Å². The maximum Gasteiger partial charge on any atom is 0.421 e. The molecule has 0 bridgehead atoms. The first-order chi connectivity index (χ1) is 7.84. The minimum Gasteiger partial charge on any atom is -0.481 e. The van der Waals surface area contributed by atoms with Crippen LogP contribution in [0.15, 0.2) is 18.3 Å². The molecule has 0 unspecified atom stereocenters. The second-order valence-electron chi connectivity index (χ2n) is 2.99. The molecule has 0 atom stereocenters. The SMILES string of the molecule is COc1ncc(C=CC(=O)O)cc1C(F)(F)F. The molecule has 1 aromatic rings. The molecular weight excluding hydrogens is 239 g/mol. The minimum absolute atomic E-state index is 0.0283. The number of halogens is 3. The number of carboxylic acids is 1. The molecule has 4 nitrogen and oxygen atoms in total. The summed E-state index contributed by atoms with van der Waals surface area (Å²) in [5.41, 5.74) is -1.02. The van der Waals surface area contributed by atoms with Gasteiger partial charge in [0, 0.05) is 12.3 Å². The molecule has 0 saturated heterocycles. The number of hydrogen-bond acceptors (Lipinski definition) is 3. The van der Waals surface area contributed by atoms with Gasteiger partial charge in [0.05, 0.1) is 7.11 Å². The van der Waals surface area contributed by atoms with Gasteiger partial charge in [0.15, 0.2) is 0 Å². The Morgan fingerprint density at radius 2 is 2.18 bits per heavy atom. The van der Waals surface area contributed by atoms with E-state index in [9.17, 15) is 18.0 Å². The molecule has 1 N–H and O–H groups in total. The summed E-state index contributed by atoms with van der Waals surface area (Å²) in [6, 6.07) is 0.769. The van der Waals surface area contributed by atoms with Gasteiger partial charge in [-0.3, -0.25) is 0 Å². The van der Waals surface area contributed by atoms with Gasteiger partial charge < -0.3 is 9.84 Å². The summed E-state index contributed by atoms with van der Waals surface area (Å²) in [6.07, 6.45) is -1.77. The van der Waals surface area contributed by atoms with Gasteiger partial charge in [0.2, 0.25) is 5.88 Å². The molecule has 0 spiro atoms. The van der Waals surface area contributed by atoms with E-state index in [1.807, 2.05) is 0 Å². The maximum absolute atomic E-state index is 12.6. The summed E-state index contributed by atoms with van der Waals surface area (Å²) in [5.74, 6) is -1.81. The van der Waals surface area contributed by atoms with Crippen molar-refractivity contribution in [3.8, 4) is 5.88 Å². The fourth-order valence-corrected chi connectivity index (χ4v) is 1.09. The number of nitrogens with zero attached hydrogens (tertiary/aromatic N) is 1. The summed E-state index contributed by atoms with van der Waals surface area (Å²) >= 11 is 0. The minimum atomic E-state index is -4.61. The smallest absolute Gasteiger partial charge is 0.421 e. The van der Waals surface area contributed by atoms with Gasteiger partial charge in [-0.25, -0.2) is 9.78 Å². The van der Waals surface area contributed by atoms with E-state index in [0.29, 0.717) is 0 Å². The van der Waals surface area contributed by atoms with Crippen molar-refractivity contribution in [2.24, 2.45) is 0 Å². The third kappa shape index (κ3) is 3.47. The Morgan fingerprint density at radius 3 is 2.65 bits per heavy atom. The molecule has 0 amide bonds. The van der Waals surface area contributed by atoms with Gasteiger partial charge >= 0.3 is 12.1 Å². The lowest BCUT2D eigenvalue weighted by Gasteiger charge is -2.10. The van der Waals surface area contributed by atoms with Gasteiger partial charge in [0.25, 0.3) is 0 Å². The monoisotopic (exact) mass is 247 g/mol. The van der Waals surface area contributed by atoms with Crippen LogP contribution in [0.4, 0.5) is 13.2 Å². The Labute approximate surface area is 94.4 Å². The van der Waals surface area contributed by atoms with Crippen LogP contribution >= 0.6 is 0 Å². The molecular formula is C10H8F3NO3. The molecule has 0 aromatic carbocycles. The van der Waals surface area contributed by atoms with Crippen LogP contribution in [-0.2, 0) is 11.0 Å². The van der Waals surface area contributed by atoms with E-state index in [1.165, 1.54) is 0 Å². The average molecular weight is 247 g/mol. The predicted molar refractivity (Wildman–Crippen MR) is 52.5 cm³/mol. The van der Waals surface area contributed by atoms with E-state index in [1.54, 1.807) is 0 Å². The van der Waals surface area contributed by atoms with E-state index in [2.05, 4.69) is 9.72 Å². The summed E-state index contributed by atoms with van der Waals surface area (Å²) < 4.78 is 42.1. The number of alkyl halides is 3. The van der Waals surface area contributed by atoms with Gasteiger partial charge in [-0.1, -0.05) is 0 Å². The van der Waals surface area contributed by atoms with Crippen molar-refractivity contribution in [2.45, 2.75) is 6.18 Å². The van der Waals surface area contributed by atoms with Crippen LogP contribution in [0.5, 0.6) is 5.88 Å². The lowest BCUT2D eigenvalue weighted by Crippen LogP contribution is -2.09. The van der Waals surface area contributed by atoms with Crippen molar-refractivity contribution >= 4 is 12.0 Å². The van der Waals surface area contributed by atoms with Crippen LogP contribution in [0.3, 0.4) is 0 Å². The Kier molecular flexibility index (Phi) is 3.72. The van der Waals surface area contributed by atoms with Crippen molar-refractivity contribution in [2.75, 3.05) is 7.11 Å². The summed E-state index contributed by atoms with van der Waals surface area (Å²) in [7, 11) is 1.07. The highest BCUT2D eigenvalue weighted by Crippen LogP contribution is 2.35. The normalized spacial score (nSPS) is 11.8. The van der Waals surface area contributed by atoms with Gasteiger partial charge in [0.1, 0.15) is 5.56 Å². The fraction of sp³-hybridized carbons (Fsp3) is 0.200. The Hall–Kier alpha value is -2.05. The Morgan fingerprint density at radius 1 is 1.53 bits per heavy atom. The quantitative estimate of drug-likeness (QED) is 0.832. The van der Waals surface area contributed by atoms with Gasteiger partial charge in [-0.2, -0.15) is 13.2 Å². The van der Waals surface area contributed by atoms with Crippen LogP contribution in [0.2, 0.25) is 0 Å². The van der Waals surface area contributed by atoms with E-state index < -0.39 is 23.6 Å². The van der Waals surface area contributed by atoms with Crippen LogP contribution in [0.25, 0.3) is 6.08 Å². The topological polar surface area (TPSA) is 59.4 Å². The standard InChI is InChI=1S/C10H8F3NO3/c1-17-9-7(10(11,12)13)4-6(5-14-9)2-3-8(15)16/h2-5H,1H3,(H,15,16). The number of aliphatic carboxylic acids is 1. The summed E-state index contributed by atoms with van der Waals surface area (Å²) in [5, 5.41) is 8.35. The van der Waals surface area contributed by atoms with Crippen molar-refractivity contribution in [3.63, 3.8) is 0 Å². The third-order valence-corrected chi connectivity index (χ3v) is 1.79. The lowest BCUT2D eigenvalue weighted by molar-refractivity contribution is -0.139. The second kappa shape index (κ2) is 4.86. The van der Waals surface area contributed by atoms with Crippen LogP contribution in [-0.4, -0.2) is 23.2 Å². The number of carbonyl (C=O) groups is 1. The molecule has 0 saturated carbocycles. The zero-order valence-corrected chi connectivity index (χ0v) is 8.65. The second-order valence-corrected chi connectivity index (χ2v) is 2.99. The molecule has 92 valence electrons. The molecule has 0 fully saturated rings. The van der Waals surface area contributed by atoms with E-state index in [-0.39, 0.29) is 5.56 Å². The van der Waals surface area contributed by atoms with Gasteiger partial charge in [-0.15, -0.1) is 0 Å². The average Bonchev–Trinajstić information content (AvgIpc) is 2.24. The first kappa shape index (κ1) is 13.0. The van der Waals surface area contributed by atoms with Crippen molar-refractivity contribution in [1.29, 1.82) is 0 Å². The molecule has 1 heterocycles. The highest BCUT2D eigenvalue weighted by Gasteiger charge is 2.35. The number of pyridine rings is 1. The summed E-state index contributed by atoms with van der Waals surface area (Å²) in [4.78, 5) is 13.7. The molecule has 0 radical (unpaired) electrons. The lowest BCUT2D eigenvalue weighted by atomic mass is 10.2. The maximum atomic E-state index is 12.6. The molecule has 0 aliphatic rings. The zero-order chi connectivity index (χ0) is 13.1. The van der Waals surface area contributed by atoms with Crippen molar-refractivity contribution in [1.82, 2.24) is 4.98 Å². The number of carboxylic acid groups (broad SMARTS) is 1. The van der Waals surface area contributed by atoms with E-state index >= 15 is 0 Å². The van der Waals surface area contributed by atoms with Crippen molar-refractivity contribution in [3.05, 3.63) is 29.5 Å². The first-order valence-corrected chi connectivity index (χ1v) is 4.37. The first-order valence-electron chi connectivity index (χ1n) is 4.37. The number of aromatic nitrogens is 1. The van der Waals surface area contributed by atoms with E-state index in [0.717, 1.165) is 31.5 Å². The Balaban J connectivity index is 3.18. The third-order valence-electron chi connectivity index (χ3n) is 1.79. The number of ether oxygens (including phenoxy) is 1. The largest absolute Gasteiger partial charge is 0.481 e. The molecule has 0 aliphatic carbocycles. The number of methoxy groups -OCH3 is 1. The Bertz CT molecular complexity index is 455. The zero-order valence-electron chi connectivity index (χ0n) is 8.65. The molecule has 7 heteroatoms. The van der Waals surface area contributed by atoms with E-state index in [4.69, 9.17) is 5.11 Å². The number of rotatable bonds is 3. The van der Waals surface area contributed by atoms with Crippen molar-refractivity contribution < 1.29 is 27.8 Å².